The van der Waals surface area contributed by atoms with E-state index in [1.807, 2.05) is 14.1 Å². The molecule has 1 aliphatic carbocycles. The summed E-state index contributed by atoms with van der Waals surface area (Å²) in [6, 6.07) is 0.00666. The van der Waals surface area contributed by atoms with E-state index >= 15 is 0 Å². The van der Waals surface area contributed by atoms with Gasteiger partial charge in [-0.15, -0.1) is 0 Å². The van der Waals surface area contributed by atoms with Crippen LogP contribution in [0.3, 0.4) is 0 Å². The Labute approximate surface area is 155 Å². The molecule has 0 atom stereocenters. The standard InChI is InChI=1S/C18H32N4O4/c1-4-26-17(25)22-12-6-14(7-13-22)20-16(24)18(8-9-18)15(23)19-10-5-11-21(2)3/h14H,4-13H2,1-3H3,(H,19,23)(H,20,24). The number of carbonyl (C=O) groups is 3. The van der Waals surface area contributed by atoms with Gasteiger partial charge in [0, 0.05) is 25.7 Å². The topological polar surface area (TPSA) is 91.0 Å². The third-order valence-corrected chi connectivity index (χ3v) is 5.04. The number of hydrogen-bond donors (Lipinski definition) is 2. The molecule has 0 spiro atoms. The second-order valence-electron chi connectivity index (χ2n) is 7.43. The Morgan fingerprint density at radius 1 is 1.15 bits per heavy atom. The quantitative estimate of drug-likeness (QED) is 0.483. The molecule has 148 valence electrons. The molecule has 2 fully saturated rings. The Kier molecular flexibility index (Phi) is 7.25. The highest BCUT2D eigenvalue weighted by atomic mass is 16.6. The van der Waals surface area contributed by atoms with Crippen molar-refractivity contribution >= 4 is 17.9 Å². The molecule has 2 aliphatic rings. The first-order valence-electron chi connectivity index (χ1n) is 9.54. The Hall–Kier alpha value is -1.83. The van der Waals surface area contributed by atoms with Gasteiger partial charge in [0.2, 0.25) is 11.8 Å². The van der Waals surface area contributed by atoms with Gasteiger partial charge in [-0.05, 0) is 59.7 Å². The predicted molar refractivity (Wildman–Crippen MR) is 97.6 cm³/mol. The zero-order valence-corrected chi connectivity index (χ0v) is 16.2. The van der Waals surface area contributed by atoms with Crippen LogP contribution in [-0.2, 0) is 14.3 Å². The SMILES string of the molecule is CCOC(=O)N1CCC(NC(=O)C2(C(=O)NCCCN(C)C)CC2)CC1. The summed E-state index contributed by atoms with van der Waals surface area (Å²) in [7, 11) is 3.98. The molecular weight excluding hydrogens is 336 g/mol. The van der Waals surface area contributed by atoms with Gasteiger partial charge in [-0.25, -0.2) is 4.79 Å². The number of likely N-dealkylation sites (tertiary alicyclic amines) is 1. The first-order chi connectivity index (χ1) is 12.4. The lowest BCUT2D eigenvalue weighted by Crippen LogP contribution is -2.51. The first-order valence-corrected chi connectivity index (χ1v) is 9.54. The van der Waals surface area contributed by atoms with Gasteiger partial charge >= 0.3 is 6.09 Å². The minimum atomic E-state index is -0.879. The number of nitrogens with zero attached hydrogens (tertiary/aromatic N) is 2. The maximum Gasteiger partial charge on any atom is 0.409 e. The van der Waals surface area contributed by atoms with Crippen molar-refractivity contribution < 1.29 is 19.1 Å². The van der Waals surface area contributed by atoms with Crippen LogP contribution >= 0.6 is 0 Å². The number of ether oxygens (including phenoxy) is 1. The second kappa shape index (κ2) is 9.21. The molecule has 8 nitrogen and oxygen atoms in total. The van der Waals surface area contributed by atoms with E-state index in [1.54, 1.807) is 11.8 Å². The van der Waals surface area contributed by atoms with Crippen molar-refractivity contribution in [2.24, 2.45) is 5.41 Å². The molecule has 26 heavy (non-hydrogen) atoms. The van der Waals surface area contributed by atoms with E-state index < -0.39 is 5.41 Å². The monoisotopic (exact) mass is 368 g/mol. The lowest BCUT2D eigenvalue weighted by molar-refractivity contribution is -0.137. The number of hydrogen-bond acceptors (Lipinski definition) is 5. The Bertz CT molecular complexity index is 511. The molecule has 0 radical (unpaired) electrons. The minimum absolute atomic E-state index is 0.00666. The maximum absolute atomic E-state index is 12.6. The summed E-state index contributed by atoms with van der Waals surface area (Å²) >= 11 is 0. The van der Waals surface area contributed by atoms with Crippen LogP contribution in [0.2, 0.25) is 0 Å². The fraction of sp³-hybridized carbons (Fsp3) is 0.833. The lowest BCUT2D eigenvalue weighted by Gasteiger charge is -2.32. The fourth-order valence-corrected chi connectivity index (χ4v) is 3.19. The van der Waals surface area contributed by atoms with E-state index in [1.165, 1.54) is 0 Å². The van der Waals surface area contributed by atoms with Crippen molar-refractivity contribution in [1.82, 2.24) is 20.4 Å². The van der Waals surface area contributed by atoms with E-state index in [2.05, 4.69) is 15.5 Å². The van der Waals surface area contributed by atoms with Gasteiger partial charge in [-0.3, -0.25) is 9.59 Å². The van der Waals surface area contributed by atoms with Crippen LogP contribution in [0, 0.1) is 5.41 Å². The summed E-state index contributed by atoms with van der Waals surface area (Å²) < 4.78 is 5.00. The first kappa shape index (κ1) is 20.5. The number of piperidine rings is 1. The Balaban J connectivity index is 1.73. The molecule has 0 unspecified atom stereocenters. The zero-order valence-electron chi connectivity index (χ0n) is 16.2. The minimum Gasteiger partial charge on any atom is -0.450 e. The van der Waals surface area contributed by atoms with Crippen molar-refractivity contribution in [2.75, 3.05) is 46.9 Å². The predicted octanol–water partition coefficient (Wildman–Crippen LogP) is 0.572. The summed E-state index contributed by atoms with van der Waals surface area (Å²) in [5.74, 6) is -0.324. The van der Waals surface area contributed by atoms with Crippen molar-refractivity contribution in [1.29, 1.82) is 0 Å². The molecule has 0 aromatic heterocycles. The van der Waals surface area contributed by atoms with Crippen molar-refractivity contribution in [2.45, 2.75) is 45.1 Å². The van der Waals surface area contributed by atoms with E-state index in [0.29, 0.717) is 51.9 Å². The lowest BCUT2D eigenvalue weighted by atomic mass is 10.0. The van der Waals surface area contributed by atoms with E-state index in [0.717, 1.165) is 13.0 Å². The largest absolute Gasteiger partial charge is 0.450 e. The summed E-state index contributed by atoms with van der Waals surface area (Å²) in [6.45, 7) is 4.76. The van der Waals surface area contributed by atoms with Gasteiger partial charge in [-0.2, -0.15) is 0 Å². The van der Waals surface area contributed by atoms with E-state index in [-0.39, 0.29) is 23.9 Å². The normalized spacial score (nSPS) is 19.2. The molecule has 2 rings (SSSR count). The molecule has 0 aromatic carbocycles. The van der Waals surface area contributed by atoms with Gasteiger partial charge in [0.15, 0.2) is 0 Å². The summed E-state index contributed by atoms with van der Waals surface area (Å²) in [5.41, 5.74) is -0.879. The van der Waals surface area contributed by atoms with Gasteiger partial charge < -0.3 is 25.2 Å². The number of nitrogens with one attached hydrogen (secondary N) is 2. The summed E-state index contributed by atoms with van der Waals surface area (Å²) in [5, 5.41) is 5.92. The average Bonchev–Trinajstić information content (AvgIpc) is 3.41. The number of amides is 3. The van der Waals surface area contributed by atoms with Crippen LogP contribution in [0.25, 0.3) is 0 Å². The summed E-state index contributed by atoms with van der Waals surface area (Å²) in [6.07, 6.45) is 3.16. The molecule has 0 aromatic rings. The highest BCUT2D eigenvalue weighted by molar-refractivity contribution is 6.07. The number of carbonyl (C=O) groups excluding carboxylic acids is 3. The van der Waals surface area contributed by atoms with Crippen LogP contribution in [0.5, 0.6) is 0 Å². The van der Waals surface area contributed by atoms with Gasteiger partial charge in [0.25, 0.3) is 0 Å². The van der Waals surface area contributed by atoms with Crippen LogP contribution in [-0.4, -0.2) is 80.6 Å². The fourth-order valence-electron chi connectivity index (χ4n) is 3.19. The third kappa shape index (κ3) is 5.33. The zero-order chi connectivity index (χ0) is 19.2. The third-order valence-electron chi connectivity index (χ3n) is 5.04. The highest BCUT2D eigenvalue weighted by Gasteiger charge is 2.56. The molecule has 1 heterocycles. The van der Waals surface area contributed by atoms with Gasteiger partial charge in [0.05, 0.1) is 6.61 Å². The molecule has 3 amide bonds. The Morgan fingerprint density at radius 3 is 2.35 bits per heavy atom. The molecule has 8 heteroatoms. The van der Waals surface area contributed by atoms with Crippen molar-refractivity contribution in [3.05, 3.63) is 0 Å². The smallest absolute Gasteiger partial charge is 0.409 e. The van der Waals surface area contributed by atoms with Gasteiger partial charge in [0.1, 0.15) is 5.41 Å². The molecule has 2 N–H and O–H groups in total. The van der Waals surface area contributed by atoms with Gasteiger partial charge in [-0.1, -0.05) is 0 Å². The molecule has 1 saturated carbocycles. The van der Waals surface area contributed by atoms with Crippen LogP contribution in [0.4, 0.5) is 4.79 Å². The van der Waals surface area contributed by atoms with Crippen molar-refractivity contribution in [3.8, 4) is 0 Å². The van der Waals surface area contributed by atoms with Crippen LogP contribution in [0.15, 0.2) is 0 Å². The number of rotatable bonds is 8. The summed E-state index contributed by atoms with van der Waals surface area (Å²) in [4.78, 5) is 40.5. The van der Waals surface area contributed by atoms with E-state index in [4.69, 9.17) is 4.74 Å². The molecular formula is C18H32N4O4. The van der Waals surface area contributed by atoms with Crippen molar-refractivity contribution in [3.63, 3.8) is 0 Å². The molecule has 1 aliphatic heterocycles. The van der Waals surface area contributed by atoms with Crippen LogP contribution < -0.4 is 10.6 Å². The van der Waals surface area contributed by atoms with Crippen LogP contribution in [0.1, 0.15) is 39.0 Å². The molecule has 0 bridgehead atoms. The second-order valence-corrected chi connectivity index (χ2v) is 7.43. The molecule has 1 saturated heterocycles. The van der Waals surface area contributed by atoms with E-state index in [9.17, 15) is 14.4 Å². The average molecular weight is 368 g/mol. The highest BCUT2D eigenvalue weighted by Crippen LogP contribution is 2.46. The maximum atomic E-state index is 12.6. The Morgan fingerprint density at radius 2 is 1.81 bits per heavy atom.